The van der Waals surface area contributed by atoms with Crippen molar-refractivity contribution in [2.75, 3.05) is 0 Å². The molecular formula is C15H28OSiSn. The van der Waals surface area contributed by atoms with E-state index < -0.39 is 26.7 Å². The van der Waals surface area contributed by atoms with E-state index in [0.29, 0.717) is 0 Å². The average molecular weight is 371 g/mol. The van der Waals surface area contributed by atoms with E-state index in [4.69, 9.17) is 4.43 Å². The molecule has 0 N–H and O–H groups in total. The molecule has 0 atom stereocenters. The van der Waals surface area contributed by atoms with E-state index >= 15 is 0 Å². The second-order valence-corrected chi connectivity index (χ2v) is 26.9. The Hall–Kier alpha value is 0.0356. The van der Waals surface area contributed by atoms with Gasteiger partial charge in [-0.25, -0.2) is 0 Å². The van der Waals surface area contributed by atoms with Crippen molar-refractivity contribution in [3.63, 3.8) is 0 Å². The summed E-state index contributed by atoms with van der Waals surface area (Å²) in [6, 6.07) is 8.88. The number of benzene rings is 1. The van der Waals surface area contributed by atoms with Gasteiger partial charge in [0.2, 0.25) is 0 Å². The molecule has 0 heterocycles. The van der Waals surface area contributed by atoms with Crippen molar-refractivity contribution in [3.8, 4) is 5.75 Å². The summed E-state index contributed by atoms with van der Waals surface area (Å²) >= 11 is -1.91. The third-order valence-electron chi connectivity index (χ3n) is 3.90. The van der Waals surface area contributed by atoms with Crippen LogP contribution in [-0.4, -0.2) is 26.7 Å². The quantitative estimate of drug-likeness (QED) is 0.705. The monoisotopic (exact) mass is 372 g/mol. The fourth-order valence-corrected chi connectivity index (χ4v) is 5.83. The Bertz CT molecular complexity index is 396. The molecule has 1 nitrogen and oxygen atoms in total. The Kier molecular flexibility index (Phi) is 4.64. The molecule has 0 aromatic heterocycles. The van der Waals surface area contributed by atoms with Crippen LogP contribution in [0.3, 0.4) is 0 Å². The molecular weight excluding hydrogens is 343 g/mol. The summed E-state index contributed by atoms with van der Waals surface area (Å²) in [5.41, 5.74) is 0. The summed E-state index contributed by atoms with van der Waals surface area (Å²) < 4.78 is 7.86. The third kappa shape index (κ3) is 4.02. The van der Waals surface area contributed by atoms with Gasteiger partial charge in [0.05, 0.1) is 0 Å². The molecule has 18 heavy (non-hydrogen) atoms. The van der Waals surface area contributed by atoms with Crippen LogP contribution in [0.2, 0.25) is 33.0 Å². The SMILES string of the molecule is CC(C)(C)[Si](C)(C)Oc1cc[c]([Sn]([CH3])([CH3])[CH3])cc1. The zero-order chi connectivity index (χ0) is 14.2. The van der Waals surface area contributed by atoms with E-state index in [1.54, 1.807) is 3.58 Å². The van der Waals surface area contributed by atoms with Gasteiger partial charge in [-0.15, -0.1) is 0 Å². The van der Waals surface area contributed by atoms with Crippen LogP contribution < -0.4 is 8.01 Å². The third-order valence-corrected chi connectivity index (χ3v) is 14.2. The first-order valence-electron chi connectivity index (χ1n) is 6.73. The van der Waals surface area contributed by atoms with Crippen LogP contribution in [0.15, 0.2) is 24.3 Å². The first-order valence-corrected chi connectivity index (χ1v) is 19.6. The molecule has 0 amide bonds. The molecule has 0 spiro atoms. The van der Waals surface area contributed by atoms with Gasteiger partial charge in [-0.2, -0.15) is 0 Å². The average Bonchev–Trinajstić information content (AvgIpc) is 2.14. The van der Waals surface area contributed by atoms with Crippen LogP contribution in [0.1, 0.15) is 20.8 Å². The van der Waals surface area contributed by atoms with Crippen molar-refractivity contribution in [2.24, 2.45) is 0 Å². The van der Waals surface area contributed by atoms with Crippen molar-refractivity contribution >= 4 is 30.3 Å². The van der Waals surface area contributed by atoms with Gasteiger partial charge in [-0.1, -0.05) is 0 Å². The molecule has 102 valence electrons. The van der Waals surface area contributed by atoms with Crippen LogP contribution in [0.5, 0.6) is 5.75 Å². The Balaban J connectivity index is 2.89. The Morgan fingerprint density at radius 3 is 1.72 bits per heavy atom. The van der Waals surface area contributed by atoms with Gasteiger partial charge in [-0.05, 0) is 0 Å². The maximum absolute atomic E-state index is 6.30. The van der Waals surface area contributed by atoms with E-state index in [0.717, 1.165) is 5.75 Å². The zero-order valence-corrected chi connectivity index (χ0v) is 17.1. The van der Waals surface area contributed by atoms with Crippen molar-refractivity contribution in [2.45, 2.75) is 53.7 Å². The van der Waals surface area contributed by atoms with Gasteiger partial charge >= 0.3 is 118 Å². The van der Waals surface area contributed by atoms with E-state index in [1.165, 1.54) is 0 Å². The van der Waals surface area contributed by atoms with E-state index in [9.17, 15) is 0 Å². The minimum atomic E-state index is -1.91. The zero-order valence-electron chi connectivity index (χ0n) is 13.2. The topological polar surface area (TPSA) is 9.23 Å². The molecule has 0 aliphatic heterocycles. The van der Waals surface area contributed by atoms with Crippen molar-refractivity contribution in [1.29, 1.82) is 0 Å². The maximum atomic E-state index is 6.30. The van der Waals surface area contributed by atoms with Crippen LogP contribution in [-0.2, 0) is 0 Å². The summed E-state index contributed by atoms with van der Waals surface area (Å²) in [7, 11) is -1.69. The van der Waals surface area contributed by atoms with E-state index in [-0.39, 0.29) is 5.04 Å². The molecule has 0 bridgehead atoms. The minimum absolute atomic E-state index is 0.259. The molecule has 0 fully saturated rings. The number of rotatable bonds is 3. The Morgan fingerprint density at radius 2 is 1.39 bits per heavy atom. The van der Waals surface area contributed by atoms with Gasteiger partial charge in [0, 0.05) is 0 Å². The second-order valence-electron chi connectivity index (χ2n) is 7.64. The van der Waals surface area contributed by atoms with Gasteiger partial charge in [0.1, 0.15) is 0 Å². The van der Waals surface area contributed by atoms with Crippen molar-refractivity contribution in [3.05, 3.63) is 24.3 Å². The van der Waals surface area contributed by atoms with Gasteiger partial charge in [-0.3, -0.25) is 0 Å². The van der Waals surface area contributed by atoms with Crippen LogP contribution in [0.4, 0.5) is 0 Å². The normalized spacial score (nSPS) is 13.6. The molecule has 0 radical (unpaired) electrons. The summed E-state index contributed by atoms with van der Waals surface area (Å²) in [6.07, 6.45) is 0. The summed E-state index contributed by atoms with van der Waals surface area (Å²) in [5, 5.41) is 0.259. The van der Waals surface area contributed by atoms with Gasteiger partial charge in [0.15, 0.2) is 0 Å². The predicted octanol–water partition coefficient (Wildman–Crippen LogP) is 4.62. The molecule has 1 aromatic rings. The molecule has 3 heteroatoms. The molecule has 1 rings (SSSR count). The second kappa shape index (κ2) is 5.20. The molecule has 0 saturated heterocycles. The molecule has 1 aromatic carbocycles. The molecule has 0 saturated carbocycles. The number of hydrogen-bond acceptors (Lipinski definition) is 1. The van der Waals surface area contributed by atoms with Gasteiger partial charge in [0.25, 0.3) is 0 Å². The van der Waals surface area contributed by atoms with Crippen LogP contribution in [0.25, 0.3) is 0 Å². The summed E-state index contributed by atoms with van der Waals surface area (Å²) in [4.78, 5) is 7.33. The van der Waals surface area contributed by atoms with E-state index in [1.807, 2.05) is 0 Å². The van der Waals surface area contributed by atoms with Crippen LogP contribution >= 0.6 is 0 Å². The molecule has 0 aliphatic carbocycles. The fourth-order valence-electron chi connectivity index (χ4n) is 1.47. The predicted molar refractivity (Wildman–Crippen MR) is 87.2 cm³/mol. The molecule has 0 unspecified atom stereocenters. The summed E-state index contributed by atoms with van der Waals surface area (Å²) in [6.45, 7) is 11.4. The molecule has 0 aliphatic rings. The Labute approximate surface area is 118 Å². The van der Waals surface area contributed by atoms with Crippen LogP contribution in [0, 0.1) is 0 Å². The van der Waals surface area contributed by atoms with E-state index in [2.05, 4.69) is 72.9 Å². The van der Waals surface area contributed by atoms with Crippen molar-refractivity contribution < 1.29 is 4.43 Å². The summed E-state index contributed by atoms with van der Waals surface area (Å²) in [5.74, 6) is 1.04. The van der Waals surface area contributed by atoms with Gasteiger partial charge < -0.3 is 0 Å². The first kappa shape index (κ1) is 16.1. The number of hydrogen-bond donors (Lipinski definition) is 0. The fraction of sp³-hybridized carbons (Fsp3) is 0.600. The Morgan fingerprint density at radius 1 is 0.944 bits per heavy atom. The first-order chi connectivity index (χ1) is 7.93. The van der Waals surface area contributed by atoms with Crippen molar-refractivity contribution in [1.82, 2.24) is 0 Å². The standard InChI is InChI=1S/C12H19OSi.3CH3.Sn/c1-12(2,3)14(4,5)13-11-9-7-6-8-10-11;;;;/h7-10H,1-5H3;3*1H3;.